The third-order valence-electron chi connectivity index (χ3n) is 7.13. The second-order valence-corrected chi connectivity index (χ2v) is 9.39. The molecule has 0 aromatic heterocycles. The van der Waals surface area contributed by atoms with E-state index in [1.54, 1.807) is 24.3 Å². The number of aliphatic hydroxyl groups is 1. The average Bonchev–Trinajstić information content (AvgIpc) is 3.48. The van der Waals surface area contributed by atoms with E-state index in [1.165, 1.54) is 4.90 Å². The molecule has 178 valence electrons. The molecule has 8 nitrogen and oxygen atoms in total. The summed E-state index contributed by atoms with van der Waals surface area (Å²) in [6.07, 6.45) is 0.631. The normalized spacial score (nSPS) is 29.2. The molecule has 0 saturated carbocycles. The van der Waals surface area contributed by atoms with Crippen LogP contribution in [0.3, 0.4) is 0 Å². The first-order chi connectivity index (χ1) is 16.5. The van der Waals surface area contributed by atoms with E-state index in [1.807, 2.05) is 30.3 Å². The average molecular weight is 484 g/mol. The lowest BCUT2D eigenvalue weighted by atomic mass is 9.70. The Morgan fingerprint density at radius 1 is 1.12 bits per heavy atom. The van der Waals surface area contributed by atoms with Crippen LogP contribution in [-0.4, -0.2) is 58.6 Å². The van der Waals surface area contributed by atoms with Gasteiger partial charge in [-0.3, -0.25) is 14.4 Å². The number of hydrogen-bond donors (Lipinski definition) is 3. The molecule has 3 aliphatic heterocycles. The Kier molecular flexibility index (Phi) is 6.06. The van der Waals surface area contributed by atoms with Crippen LogP contribution < -0.4 is 10.6 Å². The molecule has 2 unspecified atom stereocenters. The van der Waals surface area contributed by atoms with Crippen LogP contribution in [-0.2, 0) is 25.7 Å². The smallest absolute Gasteiger partial charge is 0.250 e. The summed E-state index contributed by atoms with van der Waals surface area (Å²) in [4.78, 5) is 41.6. The number of nitrogens with one attached hydrogen (secondary N) is 2. The standard InChI is InChI=1S/C25H26ClN3O5/c26-16-8-4-5-9-17(16)28-23(32)21-25-11-10-18(34-25)19(20(25)24(33)29(21)12-13-30)22(31)27-14-15-6-2-1-3-7-15/h1-9,18-21,30H,10-14H2,(H,27,31)(H,28,32)/t18-,19+,20+,21?,25?/m1/s1. The van der Waals surface area contributed by atoms with Gasteiger partial charge in [-0.2, -0.15) is 0 Å². The second kappa shape index (κ2) is 9.02. The van der Waals surface area contributed by atoms with Gasteiger partial charge in [0.05, 0.1) is 35.3 Å². The Balaban J connectivity index is 1.41. The minimum atomic E-state index is -1.11. The molecule has 3 amide bonds. The summed E-state index contributed by atoms with van der Waals surface area (Å²) in [5, 5.41) is 15.8. The molecule has 0 radical (unpaired) electrons. The molecule has 2 bridgehead atoms. The van der Waals surface area contributed by atoms with Crippen LogP contribution >= 0.6 is 11.6 Å². The molecule has 34 heavy (non-hydrogen) atoms. The minimum absolute atomic E-state index is 0.0237. The van der Waals surface area contributed by atoms with E-state index in [-0.39, 0.29) is 25.0 Å². The highest BCUT2D eigenvalue weighted by Gasteiger charge is 2.74. The van der Waals surface area contributed by atoms with Crippen molar-refractivity contribution in [3.05, 3.63) is 65.2 Å². The van der Waals surface area contributed by atoms with Crippen molar-refractivity contribution >= 4 is 35.0 Å². The summed E-state index contributed by atoms with van der Waals surface area (Å²) in [5.74, 6) is -2.51. The minimum Gasteiger partial charge on any atom is -0.395 e. The molecule has 0 aliphatic carbocycles. The second-order valence-electron chi connectivity index (χ2n) is 8.98. The van der Waals surface area contributed by atoms with Crippen molar-refractivity contribution in [2.45, 2.75) is 37.1 Å². The summed E-state index contributed by atoms with van der Waals surface area (Å²) in [5.41, 5.74) is 0.262. The maximum Gasteiger partial charge on any atom is 0.250 e. The van der Waals surface area contributed by atoms with Crippen molar-refractivity contribution in [2.75, 3.05) is 18.5 Å². The molecule has 1 spiro atoms. The van der Waals surface area contributed by atoms with Crippen molar-refractivity contribution in [2.24, 2.45) is 11.8 Å². The number of anilines is 1. The van der Waals surface area contributed by atoms with Gasteiger partial charge in [-0.15, -0.1) is 0 Å². The summed E-state index contributed by atoms with van der Waals surface area (Å²) >= 11 is 6.22. The SMILES string of the molecule is O=C(Nc1ccccc1Cl)C1N(CCO)C(=O)[C@@H]2[C@@H](C(=O)NCc3ccccc3)[C@H]3CCC12O3. The summed E-state index contributed by atoms with van der Waals surface area (Å²) in [7, 11) is 0. The number of para-hydroxylation sites is 1. The molecule has 3 fully saturated rings. The molecular weight excluding hydrogens is 458 g/mol. The van der Waals surface area contributed by atoms with Gasteiger partial charge >= 0.3 is 0 Å². The number of benzene rings is 2. The van der Waals surface area contributed by atoms with Crippen LogP contribution in [0.1, 0.15) is 18.4 Å². The number of carbonyl (C=O) groups excluding carboxylic acids is 3. The summed E-state index contributed by atoms with van der Waals surface area (Å²) in [6, 6.07) is 15.4. The van der Waals surface area contributed by atoms with E-state index in [4.69, 9.17) is 16.3 Å². The number of carbonyl (C=O) groups is 3. The number of halogens is 1. The Bertz CT molecular complexity index is 1110. The van der Waals surface area contributed by atoms with Gasteiger partial charge < -0.3 is 25.4 Å². The van der Waals surface area contributed by atoms with Gasteiger partial charge in [0.15, 0.2) is 0 Å². The van der Waals surface area contributed by atoms with Crippen LogP contribution in [0.5, 0.6) is 0 Å². The molecule has 2 aromatic rings. The van der Waals surface area contributed by atoms with Crippen LogP contribution in [0.25, 0.3) is 0 Å². The Morgan fingerprint density at radius 2 is 1.85 bits per heavy atom. The van der Waals surface area contributed by atoms with Crippen LogP contribution in [0.4, 0.5) is 5.69 Å². The van der Waals surface area contributed by atoms with Gasteiger partial charge in [-0.1, -0.05) is 54.1 Å². The fourth-order valence-electron chi connectivity index (χ4n) is 5.77. The van der Waals surface area contributed by atoms with E-state index in [2.05, 4.69) is 10.6 Å². The Hall–Kier alpha value is -2.94. The third-order valence-corrected chi connectivity index (χ3v) is 7.46. The predicted molar refractivity (Wildman–Crippen MR) is 125 cm³/mol. The van der Waals surface area contributed by atoms with Gasteiger partial charge in [0.25, 0.3) is 0 Å². The first-order valence-electron chi connectivity index (χ1n) is 11.4. The largest absolute Gasteiger partial charge is 0.395 e. The number of aliphatic hydroxyl groups excluding tert-OH is 1. The van der Waals surface area contributed by atoms with Crippen LogP contribution in [0.15, 0.2) is 54.6 Å². The highest BCUT2D eigenvalue weighted by molar-refractivity contribution is 6.33. The lowest BCUT2D eigenvalue weighted by Crippen LogP contribution is -2.53. The van der Waals surface area contributed by atoms with Gasteiger partial charge in [-0.25, -0.2) is 0 Å². The number of amides is 3. The molecular formula is C25H26ClN3O5. The first kappa shape index (κ1) is 22.8. The van der Waals surface area contributed by atoms with E-state index >= 15 is 0 Å². The number of rotatable bonds is 7. The van der Waals surface area contributed by atoms with Crippen LogP contribution in [0, 0.1) is 11.8 Å². The number of β-amino-alcohol motifs (C(OH)–C–C–N with tert-alkyl or cyclic N) is 1. The molecule has 5 atom stereocenters. The number of ether oxygens (including phenoxy) is 1. The summed E-state index contributed by atoms with van der Waals surface area (Å²) < 4.78 is 6.32. The number of fused-ring (bicyclic) bond motifs is 1. The quantitative estimate of drug-likeness (QED) is 0.558. The molecule has 9 heteroatoms. The zero-order chi connectivity index (χ0) is 23.9. The number of nitrogens with zero attached hydrogens (tertiary/aromatic N) is 1. The highest BCUT2D eigenvalue weighted by atomic mass is 35.5. The number of hydrogen-bond acceptors (Lipinski definition) is 5. The van der Waals surface area contributed by atoms with E-state index in [0.717, 1.165) is 5.56 Å². The van der Waals surface area contributed by atoms with Gasteiger partial charge in [-0.05, 0) is 30.5 Å². The number of likely N-dealkylation sites (tertiary alicyclic amines) is 1. The molecule has 3 heterocycles. The lowest BCUT2D eigenvalue weighted by Gasteiger charge is -2.33. The van der Waals surface area contributed by atoms with E-state index in [9.17, 15) is 19.5 Å². The van der Waals surface area contributed by atoms with Gasteiger partial charge in [0, 0.05) is 13.1 Å². The summed E-state index contributed by atoms with van der Waals surface area (Å²) in [6.45, 7) is 0.0103. The zero-order valence-electron chi connectivity index (χ0n) is 18.4. The van der Waals surface area contributed by atoms with Crippen LogP contribution in [0.2, 0.25) is 5.02 Å². The first-order valence-corrected chi connectivity index (χ1v) is 11.8. The Labute approximate surface area is 202 Å². The predicted octanol–water partition coefficient (Wildman–Crippen LogP) is 1.96. The Morgan fingerprint density at radius 3 is 2.59 bits per heavy atom. The van der Waals surface area contributed by atoms with Gasteiger partial charge in [0.1, 0.15) is 11.6 Å². The molecule has 3 aliphatic rings. The van der Waals surface area contributed by atoms with Crippen molar-refractivity contribution in [1.82, 2.24) is 10.2 Å². The molecule has 3 saturated heterocycles. The van der Waals surface area contributed by atoms with E-state index < -0.39 is 35.5 Å². The molecule has 5 rings (SSSR count). The fourth-order valence-corrected chi connectivity index (χ4v) is 5.95. The van der Waals surface area contributed by atoms with E-state index in [0.29, 0.717) is 30.1 Å². The third kappa shape index (κ3) is 3.66. The van der Waals surface area contributed by atoms with Crippen molar-refractivity contribution in [3.63, 3.8) is 0 Å². The highest BCUT2D eigenvalue weighted by Crippen LogP contribution is 2.58. The van der Waals surface area contributed by atoms with Crippen molar-refractivity contribution in [3.8, 4) is 0 Å². The lowest BCUT2D eigenvalue weighted by molar-refractivity contribution is -0.141. The topological polar surface area (TPSA) is 108 Å². The molecule has 2 aromatic carbocycles. The zero-order valence-corrected chi connectivity index (χ0v) is 19.2. The maximum absolute atomic E-state index is 13.5. The van der Waals surface area contributed by atoms with Crippen molar-refractivity contribution < 1.29 is 24.2 Å². The maximum atomic E-state index is 13.5. The fraction of sp³-hybridized carbons (Fsp3) is 0.400. The van der Waals surface area contributed by atoms with Gasteiger partial charge in [0.2, 0.25) is 17.7 Å². The van der Waals surface area contributed by atoms with Crippen molar-refractivity contribution in [1.29, 1.82) is 0 Å². The monoisotopic (exact) mass is 483 g/mol. The molecule has 3 N–H and O–H groups in total.